The van der Waals surface area contributed by atoms with Gasteiger partial charge < -0.3 is 11.1 Å². The monoisotopic (exact) mass is 354 g/mol. The quantitative estimate of drug-likeness (QED) is 0.793. The van der Waals surface area contributed by atoms with Crippen molar-refractivity contribution in [2.45, 2.75) is 19.0 Å². The van der Waals surface area contributed by atoms with Crippen LogP contribution in [0.3, 0.4) is 0 Å². The number of amides is 1. The summed E-state index contributed by atoms with van der Waals surface area (Å²) in [6.07, 6.45) is 1.26. The van der Waals surface area contributed by atoms with Crippen LogP contribution in [0, 0.1) is 0 Å². The largest absolute Gasteiger partial charge is 0.350 e. The SMILES string of the molecule is CS(=O)(=O)CCC(N)C(=O)NCc1sccc1Br. The highest BCUT2D eigenvalue weighted by atomic mass is 79.9. The highest BCUT2D eigenvalue weighted by Gasteiger charge is 2.16. The number of sulfone groups is 1. The molecular formula is C10H15BrN2O3S2. The Bertz CT molecular complexity index is 513. The fourth-order valence-corrected chi connectivity index (χ4v) is 3.34. The Morgan fingerprint density at radius 2 is 2.28 bits per heavy atom. The lowest BCUT2D eigenvalue weighted by atomic mass is 10.2. The molecule has 5 nitrogen and oxygen atoms in total. The number of hydrogen-bond donors (Lipinski definition) is 2. The van der Waals surface area contributed by atoms with Crippen molar-refractivity contribution in [3.05, 3.63) is 20.8 Å². The van der Waals surface area contributed by atoms with Gasteiger partial charge in [0.1, 0.15) is 9.84 Å². The normalized spacial score (nSPS) is 13.3. The van der Waals surface area contributed by atoms with Gasteiger partial charge in [-0.05, 0) is 33.8 Å². The lowest BCUT2D eigenvalue weighted by Crippen LogP contribution is -2.41. The first-order valence-corrected chi connectivity index (χ1v) is 8.96. The van der Waals surface area contributed by atoms with Gasteiger partial charge in [0.05, 0.1) is 18.3 Å². The summed E-state index contributed by atoms with van der Waals surface area (Å²) in [6.45, 7) is 0.393. The zero-order chi connectivity index (χ0) is 13.8. The van der Waals surface area contributed by atoms with Crippen LogP contribution in [-0.4, -0.2) is 32.4 Å². The van der Waals surface area contributed by atoms with E-state index in [-0.39, 0.29) is 18.1 Å². The Morgan fingerprint density at radius 1 is 1.61 bits per heavy atom. The molecule has 0 saturated carbocycles. The molecule has 102 valence electrons. The summed E-state index contributed by atoms with van der Waals surface area (Å²) in [5.41, 5.74) is 5.62. The number of carbonyl (C=O) groups excluding carboxylic acids is 1. The van der Waals surface area contributed by atoms with Crippen LogP contribution >= 0.6 is 27.3 Å². The van der Waals surface area contributed by atoms with E-state index in [9.17, 15) is 13.2 Å². The Hall–Kier alpha value is -0.440. The maximum absolute atomic E-state index is 11.6. The maximum Gasteiger partial charge on any atom is 0.237 e. The van der Waals surface area contributed by atoms with E-state index in [1.165, 1.54) is 11.3 Å². The summed E-state index contributed by atoms with van der Waals surface area (Å²) in [7, 11) is -3.08. The van der Waals surface area contributed by atoms with Crippen molar-refractivity contribution < 1.29 is 13.2 Å². The molecule has 0 bridgehead atoms. The van der Waals surface area contributed by atoms with E-state index in [4.69, 9.17) is 5.73 Å². The average molecular weight is 355 g/mol. The third kappa shape index (κ3) is 5.47. The van der Waals surface area contributed by atoms with Crippen LogP contribution in [-0.2, 0) is 21.2 Å². The topological polar surface area (TPSA) is 89.3 Å². The van der Waals surface area contributed by atoms with Crippen molar-refractivity contribution in [1.82, 2.24) is 5.32 Å². The molecule has 1 amide bonds. The molecule has 0 fully saturated rings. The fraction of sp³-hybridized carbons (Fsp3) is 0.500. The van der Waals surface area contributed by atoms with Crippen molar-refractivity contribution in [1.29, 1.82) is 0 Å². The number of hydrogen-bond acceptors (Lipinski definition) is 5. The van der Waals surface area contributed by atoms with Crippen molar-refractivity contribution in [3.63, 3.8) is 0 Å². The molecule has 8 heteroatoms. The molecule has 0 radical (unpaired) electrons. The van der Waals surface area contributed by atoms with Gasteiger partial charge in [-0.15, -0.1) is 11.3 Å². The zero-order valence-electron chi connectivity index (χ0n) is 9.85. The minimum atomic E-state index is -3.08. The van der Waals surface area contributed by atoms with Gasteiger partial charge in [0.2, 0.25) is 5.91 Å². The first-order chi connectivity index (χ1) is 8.29. The van der Waals surface area contributed by atoms with Crippen LogP contribution in [0.1, 0.15) is 11.3 Å². The second kappa shape index (κ2) is 6.65. The maximum atomic E-state index is 11.6. The van der Waals surface area contributed by atoms with Crippen LogP contribution in [0.4, 0.5) is 0 Å². The number of nitrogens with one attached hydrogen (secondary N) is 1. The molecule has 1 atom stereocenters. The number of thiophene rings is 1. The number of halogens is 1. The summed E-state index contributed by atoms with van der Waals surface area (Å²) >= 11 is 4.88. The van der Waals surface area contributed by atoms with E-state index in [2.05, 4.69) is 21.2 Å². The van der Waals surface area contributed by atoms with E-state index >= 15 is 0 Å². The van der Waals surface area contributed by atoms with Crippen LogP contribution < -0.4 is 11.1 Å². The summed E-state index contributed by atoms with van der Waals surface area (Å²) in [4.78, 5) is 12.6. The summed E-state index contributed by atoms with van der Waals surface area (Å²) in [6, 6.07) is 1.11. The Balaban J connectivity index is 2.39. The van der Waals surface area contributed by atoms with Crippen LogP contribution in [0.2, 0.25) is 0 Å². The third-order valence-corrected chi connectivity index (χ3v) is 5.15. The molecule has 0 spiro atoms. The van der Waals surface area contributed by atoms with Crippen LogP contribution in [0.5, 0.6) is 0 Å². The standard InChI is InChI=1S/C10H15BrN2O3S2/c1-18(15,16)5-3-8(12)10(14)13-6-9-7(11)2-4-17-9/h2,4,8H,3,5-6,12H2,1H3,(H,13,14). The van der Waals surface area contributed by atoms with Gasteiger partial charge in [0, 0.05) is 15.6 Å². The molecule has 1 aromatic heterocycles. The summed E-state index contributed by atoms with van der Waals surface area (Å²) in [5.74, 6) is -0.413. The summed E-state index contributed by atoms with van der Waals surface area (Å²) in [5, 5.41) is 4.60. The Labute approximate surface area is 119 Å². The second-order valence-corrected chi connectivity index (χ2v) is 8.05. The van der Waals surface area contributed by atoms with Gasteiger partial charge in [-0.1, -0.05) is 0 Å². The van der Waals surface area contributed by atoms with Crippen molar-refractivity contribution in [2.75, 3.05) is 12.0 Å². The first-order valence-electron chi connectivity index (χ1n) is 5.22. The van der Waals surface area contributed by atoms with Gasteiger partial charge in [0.25, 0.3) is 0 Å². The highest BCUT2D eigenvalue weighted by molar-refractivity contribution is 9.10. The van der Waals surface area contributed by atoms with Gasteiger partial charge in [-0.3, -0.25) is 4.79 Å². The third-order valence-electron chi connectivity index (χ3n) is 2.25. The summed E-state index contributed by atoms with van der Waals surface area (Å²) < 4.78 is 22.9. The number of nitrogens with two attached hydrogens (primary N) is 1. The molecular weight excluding hydrogens is 340 g/mol. The number of rotatable bonds is 6. The molecule has 1 unspecified atom stereocenters. The Morgan fingerprint density at radius 3 is 2.78 bits per heavy atom. The molecule has 1 aromatic rings. The molecule has 0 saturated heterocycles. The van der Waals surface area contributed by atoms with Crippen LogP contribution in [0.25, 0.3) is 0 Å². The van der Waals surface area contributed by atoms with E-state index in [0.717, 1.165) is 15.6 Å². The lowest BCUT2D eigenvalue weighted by molar-refractivity contribution is -0.122. The van der Waals surface area contributed by atoms with E-state index in [0.29, 0.717) is 6.54 Å². The van der Waals surface area contributed by atoms with Crippen molar-refractivity contribution in [3.8, 4) is 0 Å². The van der Waals surface area contributed by atoms with Gasteiger partial charge in [0.15, 0.2) is 0 Å². The molecule has 0 aromatic carbocycles. The van der Waals surface area contributed by atoms with E-state index in [1.54, 1.807) is 0 Å². The molecule has 18 heavy (non-hydrogen) atoms. The molecule has 1 rings (SSSR count). The molecule has 3 N–H and O–H groups in total. The molecule has 0 aliphatic carbocycles. The second-order valence-electron chi connectivity index (χ2n) is 3.93. The van der Waals surface area contributed by atoms with E-state index < -0.39 is 15.9 Å². The van der Waals surface area contributed by atoms with E-state index in [1.807, 2.05) is 11.4 Å². The number of carbonyl (C=O) groups is 1. The Kier molecular flexibility index (Phi) is 5.77. The van der Waals surface area contributed by atoms with Crippen molar-refractivity contribution in [2.24, 2.45) is 5.73 Å². The highest BCUT2D eigenvalue weighted by Crippen LogP contribution is 2.22. The van der Waals surface area contributed by atoms with Gasteiger partial charge in [-0.25, -0.2) is 8.42 Å². The molecule has 0 aliphatic rings. The minimum Gasteiger partial charge on any atom is -0.350 e. The van der Waals surface area contributed by atoms with Crippen LogP contribution in [0.15, 0.2) is 15.9 Å². The minimum absolute atomic E-state index is 0.0791. The molecule has 1 heterocycles. The zero-order valence-corrected chi connectivity index (χ0v) is 13.1. The fourth-order valence-electron chi connectivity index (χ4n) is 1.22. The first kappa shape index (κ1) is 15.6. The van der Waals surface area contributed by atoms with Gasteiger partial charge in [-0.2, -0.15) is 0 Å². The predicted molar refractivity (Wildman–Crippen MR) is 76.2 cm³/mol. The van der Waals surface area contributed by atoms with Gasteiger partial charge >= 0.3 is 0 Å². The molecule has 0 aliphatic heterocycles. The predicted octanol–water partition coefficient (Wildman–Crippen LogP) is 0.889. The average Bonchev–Trinajstić information content (AvgIpc) is 2.67. The van der Waals surface area contributed by atoms with Crippen molar-refractivity contribution >= 4 is 43.0 Å². The lowest BCUT2D eigenvalue weighted by Gasteiger charge is -2.11. The smallest absolute Gasteiger partial charge is 0.237 e.